The minimum atomic E-state index is -0.735. The molecule has 0 amide bonds. The molecular formula is C9H13N3O2. The lowest BCUT2D eigenvalue weighted by atomic mass is 9.94. The van der Waals surface area contributed by atoms with Gasteiger partial charge in [0.2, 0.25) is 0 Å². The van der Waals surface area contributed by atoms with Crippen LogP contribution in [0.2, 0.25) is 0 Å². The zero-order valence-electron chi connectivity index (χ0n) is 7.89. The monoisotopic (exact) mass is 195 g/mol. The zero-order chi connectivity index (χ0) is 9.97. The normalized spacial score (nSPS) is 20.4. The highest BCUT2D eigenvalue weighted by Crippen LogP contribution is 2.28. The summed E-state index contributed by atoms with van der Waals surface area (Å²) in [5, 5.41) is 12.7. The summed E-state index contributed by atoms with van der Waals surface area (Å²) in [5.74, 6) is 0.501. The number of hydrogen-bond donors (Lipinski definition) is 1. The molecule has 1 aromatic rings. The molecule has 1 aliphatic heterocycles. The molecule has 0 aliphatic carbocycles. The van der Waals surface area contributed by atoms with Crippen LogP contribution in [0.15, 0.2) is 6.33 Å². The third kappa shape index (κ3) is 1.76. The summed E-state index contributed by atoms with van der Waals surface area (Å²) < 4.78 is 1.88. The smallest absolute Gasteiger partial charge is 0.303 e. The van der Waals surface area contributed by atoms with Crippen LogP contribution in [0.3, 0.4) is 0 Å². The molecule has 0 fully saturated rings. The van der Waals surface area contributed by atoms with E-state index in [1.54, 1.807) is 6.33 Å². The lowest BCUT2D eigenvalue weighted by Crippen LogP contribution is -2.17. The molecule has 5 nitrogen and oxygen atoms in total. The van der Waals surface area contributed by atoms with Gasteiger partial charge in [0.25, 0.3) is 0 Å². The number of hydrogen-bond acceptors (Lipinski definition) is 3. The molecule has 0 bridgehead atoms. The van der Waals surface area contributed by atoms with E-state index in [0.29, 0.717) is 6.42 Å². The number of aliphatic carboxylic acids is 1. The Morgan fingerprint density at radius 2 is 2.57 bits per heavy atom. The van der Waals surface area contributed by atoms with Crippen molar-refractivity contribution in [2.24, 2.45) is 0 Å². The molecule has 0 radical (unpaired) electrons. The van der Waals surface area contributed by atoms with Crippen molar-refractivity contribution in [1.29, 1.82) is 0 Å². The van der Waals surface area contributed by atoms with Gasteiger partial charge in [-0.05, 0) is 19.3 Å². The summed E-state index contributed by atoms with van der Waals surface area (Å²) in [4.78, 5) is 14.6. The lowest BCUT2D eigenvalue weighted by Gasteiger charge is -2.21. The maximum Gasteiger partial charge on any atom is 0.303 e. The van der Waals surface area contributed by atoms with E-state index >= 15 is 0 Å². The fourth-order valence-corrected chi connectivity index (χ4v) is 1.95. The van der Waals surface area contributed by atoms with E-state index in [1.807, 2.05) is 4.68 Å². The molecule has 2 heterocycles. The number of carboxylic acids is 1. The summed E-state index contributed by atoms with van der Waals surface area (Å²) in [7, 11) is 0. The van der Waals surface area contributed by atoms with Crippen LogP contribution < -0.4 is 0 Å². The highest BCUT2D eigenvalue weighted by molar-refractivity contribution is 5.66. The average Bonchev–Trinajstić information content (AvgIpc) is 2.62. The number of rotatable bonds is 3. The molecule has 5 heteroatoms. The fraction of sp³-hybridized carbons (Fsp3) is 0.667. The molecule has 14 heavy (non-hydrogen) atoms. The molecule has 1 N–H and O–H groups in total. The van der Waals surface area contributed by atoms with E-state index in [1.165, 1.54) is 0 Å². The van der Waals surface area contributed by atoms with Crippen LogP contribution in [0.4, 0.5) is 0 Å². The fourth-order valence-electron chi connectivity index (χ4n) is 1.95. The molecular weight excluding hydrogens is 182 g/mol. The van der Waals surface area contributed by atoms with Gasteiger partial charge in [-0.15, -0.1) is 0 Å². The van der Waals surface area contributed by atoms with Gasteiger partial charge in [0.15, 0.2) is 0 Å². The molecule has 1 aromatic heterocycles. The second kappa shape index (κ2) is 3.77. The Labute approximate surface area is 81.8 Å². The minimum Gasteiger partial charge on any atom is -0.481 e. The van der Waals surface area contributed by atoms with Crippen LogP contribution >= 0.6 is 0 Å². The number of aromatic nitrogens is 3. The third-order valence-corrected chi connectivity index (χ3v) is 2.64. The SMILES string of the molecule is O=C(O)CCC1CCCn2ncnc21. The van der Waals surface area contributed by atoms with E-state index in [9.17, 15) is 4.79 Å². The van der Waals surface area contributed by atoms with Gasteiger partial charge in [-0.25, -0.2) is 9.67 Å². The first-order valence-electron chi connectivity index (χ1n) is 4.87. The van der Waals surface area contributed by atoms with Crippen LogP contribution in [0.5, 0.6) is 0 Å². The van der Waals surface area contributed by atoms with Gasteiger partial charge in [0.1, 0.15) is 12.2 Å². The maximum atomic E-state index is 10.4. The largest absolute Gasteiger partial charge is 0.481 e. The van der Waals surface area contributed by atoms with Crippen molar-refractivity contribution in [3.8, 4) is 0 Å². The summed E-state index contributed by atoms with van der Waals surface area (Å²) in [6.07, 6.45) is 4.55. The van der Waals surface area contributed by atoms with Crippen molar-refractivity contribution in [2.45, 2.75) is 38.1 Å². The molecule has 0 saturated carbocycles. The predicted molar refractivity (Wildman–Crippen MR) is 48.9 cm³/mol. The molecule has 1 unspecified atom stereocenters. The van der Waals surface area contributed by atoms with Gasteiger partial charge in [-0.2, -0.15) is 5.10 Å². The minimum absolute atomic E-state index is 0.220. The summed E-state index contributed by atoms with van der Waals surface area (Å²) in [6, 6.07) is 0. The van der Waals surface area contributed by atoms with Crippen molar-refractivity contribution < 1.29 is 9.90 Å². The van der Waals surface area contributed by atoms with E-state index in [4.69, 9.17) is 5.11 Å². The second-order valence-corrected chi connectivity index (χ2v) is 3.61. The molecule has 0 saturated heterocycles. The van der Waals surface area contributed by atoms with Gasteiger partial charge >= 0.3 is 5.97 Å². The third-order valence-electron chi connectivity index (χ3n) is 2.64. The Balaban J connectivity index is 2.05. The predicted octanol–water partition coefficient (Wildman–Crippen LogP) is 1.02. The topological polar surface area (TPSA) is 68.0 Å². The number of carboxylic acid groups (broad SMARTS) is 1. The second-order valence-electron chi connectivity index (χ2n) is 3.61. The highest BCUT2D eigenvalue weighted by atomic mass is 16.4. The average molecular weight is 195 g/mol. The Hall–Kier alpha value is -1.39. The highest BCUT2D eigenvalue weighted by Gasteiger charge is 2.22. The van der Waals surface area contributed by atoms with Crippen LogP contribution in [0, 0.1) is 0 Å². The van der Waals surface area contributed by atoms with Crippen LogP contribution in [0.25, 0.3) is 0 Å². The Morgan fingerprint density at radius 1 is 1.71 bits per heavy atom. The van der Waals surface area contributed by atoms with Crippen LogP contribution in [0.1, 0.15) is 37.4 Å². The van der Waals surface area contributed by atoms with Gasteiger partial charge in [-0.3, -0.25) is 4.79 Å². The summed E-state index contributed by atoms with van der Waals surface area (Å²) in [5.41, 5.74) is 0. The summed E-state index contributed by atoms with van der Waals surface area (Å²) >= 11 is 0. The van der Waals surface area contributed by atoms with E-state index in [-0.39, 0.29) is 12.3 Å². The van der Waals surface area contributed by atoms with Gasteiger partial charge in [-0.1, -0.05) is 0 Å². The van der Waals surface area contributed by atoms with Crippen LogP contribution in [-0.2, 0) is 11.3 Å². The van der Waals surface area contributed by atoms with Crippen molar-refractivity contribution in [2.75, 3.05) is 0 Å². The molecule has 2 rings (SSSR count). The number of nitrogens with zero attached hydrogens (tertiary/aromatic N) is 3. The summed E-state index contributed by atoms with van der Waals surface area (Å²) in [6.45, 7) is 0.916. The standard InChI is InChI=1S/C9H13N3O2/c13-8(14)4-3-7-2-1-5-12-9(7)10-6-11-12/h6-7H,1-5H2,(H,13,14). The quantitative estimate of drug-likeness (QED) is 0.781. The number of aryl methyl sites for hydroxylation is 1. The molecule has 1 aliphatic rings. The van der Waals surface area contributed by atoms with E-state index in [2.05, 4.69) is 10.1 Å². The van der Waals surface area contributed by atoms with E-state index in [0.717, 1.165) is 25.2 Å². The Morgan fingerprint density at radius 3 is 3.36 bits per heavy atom. The van der Waals surface area contributed by atoms with Crippen molar-refractivity contribution in [1.82, 2.24) is 14.8 Å². The molecule has 0 aromatic carbocycles. The van der Waals surface area contributed by atoms with Crippen molar-refractivity contribution in [3.05, 3.63) is 12.2 Å². The van der Waals surface area contributed by atoms with E-state index < -0.39 is 5.97 Å². The Bertz CT molecular complexity index is 335. The Kier molecular flexibility index (Phi) is 2.47. The lowest BCUT2D eigenvalue weighted by molar-refractivity contribution is -0.137. The van der Waals surface area contributed by atoms with Crippen molar-refractivity contribution in [3.63, 3.8) is 0 Å². The van der Waals surface area contributed by atoms with Gasteiger partial charge in [0.05, 0.1) is 0 Å². The first-order valence-corrected chi connectivity index (χ1v) is 4.87. The number of fused-ring (bicyclic) bond motifs is 1. The molecule has 76 valence electrons. The van der Waals surface area contributed by atoms with Gasteiger partial charge < -0.3 is 5.11 Å². The maximum absolute atomic E-state index is 10.4. The molecule has 1 atom stereocenters. The number of carbonyl (C=O) groups is 1. The van der Waals surface area contributed by atoms with Gasteiger partial charge in [0, 0.05) is 18.9 Å². The zero-order valence-corrected chi connectivity index (χ0v) is 7.89. The van der Waals surface area contributed by atoms with Crippen molar-refractivity contribution >= 4 is 5.97 Å². The molecule has 0 spiro atoms. The first-order chi connectivity index (χ1) is 6.77. The van der Waals surface area contributed by atoms with Crippen LogP contribution in [-0.4, -0.2) is 25.8 Å². The first kappa shape index (κ1) is 9.18.